The van der Waals surface area contributed by atoms with Crippen molar-refractivity contribution < 1.29 is 9.90 Å². The van der Waals surface area contributed by atoms with Crippen LogP contribution in [0.4, 0.5) is 10.5 Å². The minimum Gasteiger partial charge on any atom is -0.391 e. The smallest absolute Gasteiger partial charge is 0.321 e. The SMILES string of the molecule is CCCSc1ccc(NC(=O)N2CC[C@@H](O)C2)cc1. The van der Waals surface area contributed by atoms with Gasteiger partial charge in [0.1, 0.15) is 0 Å². The number of thioether (sulfide) groups is 1. The van der Waals surface area contributed by atoms with Crippen LogP contribution in [0.25, 0.3) is 0 Å². The number of nitrogens with one attached hydrogen (secondary N) is 1. The molecule has 1 aliphatic heterocycles. The number of nitrogens with zero attached hydrogens (tertiary/aromatic N) is 1. The maximum atomic E-state index is 11.9. The summed E-state index contributed by atoms with van der Waals surface area (Å²) < 4.78 is 0. The minimum absolute atomic E-state index is 0.134. The Balaban J connectivity index is 1.87. The Morgan fingerprint density at radius 3 is 2.79 bits per heavy atom. The third kappa shape index (κ3) is 4.14. The van der Waals surface area contributed by atoms with Crippen molar-refractivity contribution in [2.45, 2.75) is 30.8 Å². The third-order valence-corrected chi connectivity index (χ3v) is 4.25. The lowest BCUT2D eigenvalue weighted by molar-refractivity contribution is 0.176. The molecule has 0 aromatic heterocycles. The molecule has 1 saturated heterocycles. The molecule has 0 saturated carbocycles. The number of rotatable bonds is 4. The zero-order valence-electron chi connectivity index (χ0n) is 11.1. The number of hydrogen-bond donors (Lipinski definition) is 2. The summed E-state index contributed by atoms with van der Waals surface area (Å²) in [4.78, 5) is 14.8. The summed E-state index contributed by atoms with van der Waals surface area (Å²) in [5, 5.41) is 12.3. The van der Waals surface area contributed by atoms with E-state index in [1.165, 1.54) is 4.90 Å². The molecule has 1 heterocycles. The van der Waals surface area contributed by atoms with Crippen molar-refractivity contribution >= 4 is 23.5 Å². The number of carbonyl (C=O) groups excluding carboxylic acids is 1. The van der Waals surface area contributed by atoms with Crippen LogP contribution in [0.15, 0.2) is 29.2 Å². The lowest BCUT2D eigenvalue weighted by atomic mass is 10.3. The molecule has 0 spiro atoms. The molecular formula is C14H20N2O2S. The molecular weight excluding hydrogens is 260 g/mol. The summed E-state index contributed by atoms with van der Waals surface area (Å²) in [5.41, 5.74) is 0.798. The maximum Gasteiger partial charge on any atom is 0.321 e. The van der Waals surface area contributed by atoms with Crippen molar-refractivity contribution in [2.75, 3.05) is 24.2 Å². The Labute approximate surface area is 118 Å². The van der Waals surface area contributed by atoms with E-state index in [9.17, 15) is 9.90 Å². The number of benzene rings is 1. The summed E-state index contributed by atoms with van der Waals surface area (Å²) in [6, 6.07) is 7.75. The van der Waals surface area contributed by atoms with Crippen LogP contribution < -0.4 is 5.32 Å². The Hall–Kier alpha value is -1.20. The Kier molecular flexibility index (Phi) is 5.10. The normalized spacial score (nSPS) is 18.6. The van der Waals surface area contributed by atoms with Crippen LogP contribution in [0, 0.1) is 0 Å². The molecule has 1 aromatic carbocycles. The average Bonchev–Trinajstić information content (AvgIpc) is 2.85. The van der Waals surface area contributed by atoms with Crippen molar-refractivity contribution in [3.05, 3.63) is 24.3 Å². The first-order valence-electron chi connectivity index (χ1n) is 6.66. The van der Waals surface area contributed by atoms with Crippen LogP contribution in [-0.4, -0.2) is 41.0 Å². The highest BCUT2D eigenvalue weighted by Gasteiger charge is 2.24. The van der Waals surface area contributed by atoms with Gasteiger partial charge in [0.15, 0.2) is 0 Å². The second kappa shape index (κ2) is 6.82. The number of urea groups is 1. The van der Waals surface area contributed by atoms with E-state index in [1.54, 1.807) is 4.90 Å². The molecule has 0 aliphatic carbocycles. The van der Waals surface area contributed by atoms with E-state index < -0.39 is 0 Å². The predicted octanol–water partition coefficient (Wildman–Crippen LogP) is 2.79. The highest BCUT2D eigenvalue weighted by atomic mass is 32.2. The van der Waals surface area contributed by atoms with Gasteiger partial charge in [-0.3, -0.25) is 0 Å². The van der Waals surface area contributed by atoms with Crippen LogP contribution in [0.3, 0.4) is 0 Å². The van der Waals surface area contributed by atoms with Gasteiger partial charge in [-0.15, -0.1) is 11.8 Å². The molecule has 2 N–H and O–H groups in total. The molecule has 5 heteroatoms. The first kappa shape index (κ1) is 14.2. The Bertz CT molecular complexity index is 422. The van der Waals surface area contributed by atoms with E-state index in [4.69, 9.17) is 0 Å². The van der Waals surface area contributed by atoms with Crippen molar-refractivity contribution in [3.8, 4) is 0 Å². The van der Waals surface area contributed by atoms with Gasteiger partial charge in [0.05, 0.1) is 6.10 Å². The van der Waals surface area contributed by atoms with Gasteiger partial charge in [0.25, 0.3) is 0 Å². The maximum absolute atomic E-state index is 11.9. The molecule has 2 rings (SSSR count). The average molecular weight is 280 g/mol. The number of hydrogen-bond acceptors (Lipinski definition) is 3. The summed E-state index contributed by atoms with van der Waals surface area (Å²) in [6.45, 7) is 3.21. The van der Waals surface area contributed by atoms with Crippen LogP contribution in [-0.2, 0) is 0 Å². The molecule has 19 heavy (non-hydrogen) atoms. The first-order chi connectivity index (χ1) is 9.19. The Morgan fingerprint density at radius 2 is 2.21 bits per heavy atom. The highest BCUT2D eigenvalue weighted by molar-refractivity contribution is 7.99. The molecule has 1 atom stereocenters. The van der Waals surface area contributed by atoms with Crippen LogP contribution in [0.5, 0.6) is 0 Å². The Morgan fingerprint density at radius 1 is 1.47 bits per heavy atom. The van der Waals surface area contributed by atoms with Crippen LogP contribution in [0.1, 0.15) is 19.8 Å². The highest BCUT2D eigenvalue weighted by Crippen LogP contribution is 2.21. The van der Waals surface area contributed by atoms with Gasteiger partial charge in [-0.1, -0.05) is 6.92 Å². The molecule has 0 radical (unpaired) electrons. The molecule has 4 nitrogen and oxygen atoms in total. The second-order valence-corrected chi connectivity index (χ2v) is 5.86. The standard InChI is InChI=1S/C14H20N2O2S/c1-2-9-19-13-5-3-11(4-6-13)15-14(18)16-8-7-12(17)10-16/h3-6,12,17H,2,7-10H2,1H3,(H,15,18)/t12-/m1/s1. The van der Waals surface area contributed by atoms with E-state index >= 15 is 0 Å². The number of likely N-dealkylation sites (tertiary alicyclic amines) is 1. The largest absolute Gasteiger partial charge is 0.391 e. The number of aliphatic hydroxyl groups is 1. The fourth-order valence-corrected chi connectivity index (χ4v) is 2.75. The number of aliphatic hydroxyl groups excluding tert-OH is 1. The van der Waals surface area contributed by atoms with Crippen molar-refractivity contribution in [1.29, 1.82) is 0 Å². The lowest BCUT2D eigenvalue weighted by Gasteiger charge is -2.16. The number of anilines is 1. The van der Waals surface area contributed by atoms with Crippen molar-refractivity contribution in [1.82, 2.24) is 4.90 Å². The summed E-state index contributed by atoms with van der Waals surface area (Å²) in [6.07, 6.45) is 1.44. The van der Waals surface area contributed by atoms with E-state index in [0.717, 1.165) is 17.9 Å². The summed E-state index contributed by atoms with van der Waals surface area (Å²) >= 11 is 1.82. The van der Waals surface area contributed by atoms with Crippen LogP contribution in [0.2, 0.25) is 0 Å². The van der Waals surface area contributed by atoms with Crippen molar-refractivity contribution in [2.24, 2.45) is 0 Å². The lowest BCUT2D eigenvalue weighted by Crippen LogP contribution is -2.33. The van der Waals surface area contributed by atoms with Gasteiger partial charge in [0.2, 0.25) is 0 Å². The minimum atomic E-state index is -0.376. The van der Waals surface area contributed by atoms with E-state index in [0.29, 0.717) is 19.5 Å². The zero-order chi connectivity index (χ0) is 13.7. The van der Waals surface area contributed by atoms with Gasteiger partial charge >= 0.3 is 6.03 Å². The molecule has 1 fully saturated rings. The van der Waals surface area contributed by atoms with E-state index in [1.807, 2.05) is 36.0 Å². The predicted molar refractivity (Wildman–Crippen MR) is 78.7 cm³/mol. The molecule has 0 bridgehead atoms. The van der Waals surface area contributed by atoms with Gasteiger partial charge in [-0.2, -0.15) is 0 Å². The summed E-state index contributed by atoms with van der Waals surface area (Å²) in [7, 11) is 0. The molecule has 1 aliphatic rings. The zero-order valence-corrected chi connectivity index (χ0v) is 11.9. The monoisotopic (exact) mass is 280 g/mol. The fourth-order valence-electron chi connectivity index (χ4n) is 1.98. The van der Waals surface area contributed by atoms with Gasteiger partial charge in [-0.05, 0) is 42.9 Å². The number of β-amino-alcohol motifs (C(OH)–C–C–N with tert-alkyl or cyclic N) is 1. The second-order valence-electron chi connectivity index (χ2n) is 4.69. The first-order valence-corrected chi connectivity index (χ1v) is 7.64. The molecule has 0 unspecified atom stereocenters. The van der Waals surface area contributed by atoms with Gasteiger partial charge in [-0.25, -0.2) is 4.79 Å². The van der Waals surface area contributed by atoms with Gasteiger partial charge in [0, 0.05) is 23.7 Å². The topological polar surface area (TPSA) is 52.6 Å². The van der Waals surface area contributed by atoms with E-state index in [-0.39, 0.29) is 12.1 Å². The van der Waals surface area contributed by atoms with Crippen molar-refractivity contribution in [3.63, 3.8) is 0 Å². The molecule has 104 valence electrons. The quantitative estimate of drug-likeness (QED) is 0.834. The van der Waals surface area contributed by atoms with E-state index in [2.05, 4.69) is 12.2 Å². The van der Waals surface area contributed by atoms with Crippen LogP contribution >= 0.6 is 11.8 Å². The fraction of sp³-hybridized carbons (Fsp3) is 0.500. The molecule has 2 amide bonds. The van der Waals surface area contributed by atoms with Gasteiger partial charge < -0.3 is 15.3 Å². The third-order valence-electron chi connectivity index (χ3n) is 3.03. The number of amides is 2. The number of carbonyl (C=O) groups is 1. The summed E-state index contributed by atoms with van der Waals surface area (Å²) in [5.74, 6) is 1.11. The molecule has 1 aromatic rings.